The molecule has 1 aromatic rings. The Kier molecular flexibility index (Phi) is 5.41. The molecule has 0 bridgehead atoms. The highest BCUT2D eigenvalue weighted by Gasteiger charge is 2.17. The summed E-state index contributed by atoms with van der Waals surface area (Å²) < 4.78 is 0. The molecule has 0 aliphatic carbocycles. The van der Waals surface area contributed by atoms with Crippen molar-refractivity contribution < 1.29 is 15.1 Å². The molecule has 0 fully saturated rings. The molecular weight excluding hydrogens is 248 g/mol. The molecule has 0 spiro atoms. The zero-order chi connectivity index (χ0) is 14.5. The molecule has 0 saturated carbocycles. The Labute approximate surface area is 112 Å². The maximum absolute atomic E-state index is 10.5. The Bertz CT molecular complexity index is 417. The van der Waals surface area contributed by atoms with Crippen LogP contribution in [0.2, 0.25) is 0 Å². The van der Waals surface area contributed by atoms with Crippen LogP contribution in [0.4, 0.5) is 5.69 Å². The van der Waals surface area contributed by atoms with Gasteiger partial charge in [-0.3, -0.25) is 10.1 Å². The van der Waals surface area contributed by atoms with E-state index in [1.807, 2.05) is 13.8 Å². The van der Waals surface area contributed by atoms with E-state index in [4.69, 9.17) is 5.11 Å². The lowest BCUT2D eigenvalue weighted by Crippen LogP contribution is -2.34. The third kappa shape index (κ3) is 4.94. The van der Waals surface area contributed by atoms with E-state index in [1.54, 1.807) is 12.1 Å². The Morgan fingerprint density at radius 1 is 1.37 bits per heavy atom. The fraction of sp³-hybridized carbons (Fsp3) is 0.538. The van der Waals surface area contributed by atoms with Crippen LogP contribution in [0, 0.1) is 15.5 Å². The van der Waals surface area contributed by atoms with Crippen LogP contribution >= 0.6 is 0 Å². The lowest BCUT2D eigenvalue weighted by atomic mass is 9.95. The Morgan fingerprint density at radius 2 is 1.95 bits per heavy atom. The number of nitro groups is 1. The number of hydrogen-bond donors (Lipinski definition) is 3. The number of rotatable bonds is 7. The lowest BCUT2D eigenvalue weighted by molar-refractivity contribution is -0.384. The van der Waals surface area contributed by atoms with Crippen molar-refractivity contribution in [3.05, 3.63) is 39.9 Å². The molecule has 6 nitrogen and oxygen atoms in total. The number of aliphatic hydroxyl groups is 2. The fourth-order valence-electron chi connectivity index (χ4n) is 1.54. The summed E-state index contributed by atoms with van der Waals surface area (Å²) in [6.45, 7) is 4.80. The lowest BCUT2D eigenvalue weighted by Gasteiger charge is -2.23. The topological polar surface area (TPSA) is 95.6 Å². The monoisotopic (exact) mass is 268 g/mol. The van der Waals surface area contributed by atoms with E-state index in [2.05, 4.69) is 5.32 Å². The van der Waals surface area contributed by atoms with Crippen molar-refractivity contribution in [1.82, 2.24) is 5.32 Å². The largest absolute Gasteiger partial charge is 0.396 e. The predicted molar refractivity (Wildman–Crippen MR) is 71.8 cm³/mol. The van der Waals surface area contributed by atoms with Crippen molar-refractivity contribution in [2.24, 2.45) is 5.41 Å². The van der Waals surface area contributed by atoms with E-state index in [0.717, 1.165) is 0 Å². The Balaban J connectivity index is 2.49. The molecule has 106 valence electrons. The molecule has 1 unspecified atom stereocenters. The molecule has 0 saturated heterocycles. The van der Waals surface area contributed by atoms with Gasteiger partial charge in [0.15, 0.2) is 0 Å². The molecule has 0 radical (unpaired) electrons. The first-order chi connectivity index (χ1) is 8.85. The molecule has 0 aliphatic heterocycles. The van der Waals surface area contributed by atoms with Gasteiger partial charge in [-0.1, -0.05) is 13.8 Å². The number of non-ortho nitro benzene ring substituents is 1. The molecule has 19 heavy (non-hydrogen) atoms. The summed E-state index contributed by atoms with van der Waals surface area (Å²) in [6, 6.07) is 5.83. The number of nitro benzene ring substituents is 1. The minimum atomic E-state index is -0.727. The van der Waals surface area contributed by atoms with Gasteiger partial charge in [-0.05, 0) is 17.7 Å². The number of aliphatic hydroxyl groups excluding tert-OH is 2. The summed E-state index contributed by atoms with van der Waals surface area (Å²) in [5.74, 6) is 0. The van der Waals surface area contributed by atoms with Crippen molar-refractivity contribution in [1.29, 1.82) is 0 Å². The summed E-state index contributed by atoms with van der Waals surface area (Å²) in [7, 11) is 0. The molecule has 0 heterocycles. The van der Waals surface area contributed by atoms with Crippen LogP contribution in [0.3, 0.4) is 0 Å². The van der Waals surface area contributed by atoms with Gasteiger partial charge in [0.05, 0.1) is 11.0 Å². The zero-order valence-electron chi connectivity index (χ0n) is 11.2. The van der Waals surface area contributed by atoms with Gasteiger partial charge in [0.2, 0.25) is 0 Å². The van der Waals surface area contributed by atoms with Crippen molar-refractivity contribution in [2.75, 3.05) is 19.7 Å². The molecule has 0 aromatic heterocycles. The minimum absolute atomic E-state index is 0.00493. The number of nitrogens with zero attached hydrogens (tertiary/aromatic N) is 1. The molecule has 0 aliphatic rings. The van der Waals surface area contributed by atoms with Crippen molar-refractivity contribution in [3.8, 4) is 0 Å². The second kappa shape index (κ2) is 6.60. The molecular formula is C13H20N2O4. The molecule has 1 aromatic carbocycles. The summed E-state index contributed by atoms with van der Waals surface area (Å²) in [6.07, 6.45) is -0.727. The van der Waals surface area contributed by atoms with E-state index in [9.17, 15) is 15.2 Å². The van der Waals surface area contributed by atoms with Crippen LogP contribution in [-0.4, -0.2) is 34.8 Å². The first-order valence-corrected chi connectivity index (χ1v) is 6.10. The standard InChI is InChI=1S/C13H20N2O4/c1-13(2,9-16)8-14-7-12(17)10-3-5-11(6-4-10)15(18)19/h3-6,12,14,16-17H,7-9H2,1-2H3. The highest BCUT2D eigenvalue weighted by atomic mass is 16.6. The second-order valence-electron chi connectivity index (χ2n) is 5.32. The van der Waals surface area contributed by atoms with Gasteiger partial charge in [-0.15, -0.1) is 0 Å². The Hall–Kier alpha value is -1.50. The molecule has 1 atom stereocenters. The van der Waals surface area contributed by atoms with Gasteiger partial charge in [-0.25, -0.2) is 0 Å². The number of benzene rings is 1. The van der Waals surface area contributed by atoms with Crippen LogP contribution < -0.4 is 5.32 Å². The van der Waals surface area contributed by atoms with Crippen LogP contribution in [0.5, 0.6) is 0 Å². The van der Waals surface area contributed by atoms with E-state index in [1.165, 1.54) is 12.1 Å². The average Bonchev–Trinajstić information content (AvgIpc) is 2.38. The van der Waals surface area contributed by atoms with Crippen LogP contribution in [0.25, 0.3) is 0 Å². The molecule has 3 N–H and O–H groups in total. The van der Waals surface area contributed by atoms with Crippen LogP contribution in [0.15, 0.2) is 24.3 Å². The smallest absolute Gasteiger partial charge is 0.269 e. The molecule has 6 heteroatoms. The summed E-state index contributed by atoms with van der Waals surface area (Å²) >= 11 is 0. The quantitative estimate of drug-likeness (QED) is 0.510. The van der Waals surface area contributed by atoms with E-state index in [-0.39, 0.29) is 17.7 Å². The maximum Gasteiger partial charge on any atom is 0.269 e. The summed E-state index contributed by atoms with van der Waals surface area (Å²) in [5.41, 5.74) is 0.389. The molecule has 1 rings (SSSR count). The van der Waals surface area contributed by atoms with Gasteiger partial charge in [-0.2, -0.15) is 0 Å². The van der Waals surface area contributed by atoms with Gasteiger partial charge in [0, 0.05) is 37.2 Å². The van der Waals surface area contributed by atoms with Gasteiger partial charge >= 0.3 is 0 Å². The van der Waals surface area contributed by atoms with Crippen LogP contribution in [0.1, 0.15) is 25.5 Å². The first kappa shape index (κ1) is 15.6. The SMILES string of the molecule is CC(C)(CO)CNCC(O)c1ccc([N+](=O)[O-])cc1. The summed E-state index contributed by atoms with van der Waals surface area (Å²) in [5, 5.41) is 32.6. The van der Waals surface area contributed by atoms with Gasteiger partial charge in [0.25, 0.3) is 5.69 Å². The second-order valence-corrected chi connectivity index (χ2v) is 5.32. The van der Waals surface area contributed by atoms with Crippen molar-refractivity contribution in [2.45, 2.75) is 20.0 Å². The normalized spacial score (nSPS) is 13.3. The average molecular weight is 268 g/mol. The fourth-order valence-corrected chi connectivity index (χ4v) is 1.54. The third-order valence-corrected chi connectivity index (χ3v) is 2.86. The Morgan fingerprint density at radius 3 is 2.42 bits per heavy atom. The predicted octanol–water partition coefficient (Wildman–Crippen LogP) is 1.24. The first-order valence-electron chi connectivity index (χ1n) is 6.10. The number of nitrogens with one attached hydrogen (secondary N) is 1. The van der Waals surface area contributed by atoms with Crippen molar-refractivity contribution >= 4 is 5.69 Å². The molecule has 0 amide bonds. The van der Waals surface area contributed by atoms with Gasteiger partial charge in [0.1, 0.15) is 0 Å². The highest BCUT2D eigenvalue weighted by molar-refractivity contribution is 5.33. The van der Waals surface area contributed by atoms with E-state index in [0.29, 0.717) is 18.7 Å². The van der Waals surface area contributed by atoms with E-state index < -0.39 is 11.0 Å². The maximum atomic E-state index is 10.5. The summed E-state index contributed by atoms with van der Waals surface area (Å²) in [4.78, 5) is 10.0. The minimum Gasteiger partial charge on any atom is -0.396 e. The zero-order valence-corrected chi connectivity index (χ0v) is 11.2. The van der Waals surface area contributed by atoms with Crippen molar-refractivity contribution in [3.63, 3.8) is 0 Å². The third-order valence-electron chi connectivity index (χ3n) is 2.86. The highest BCUT2D eigenvalue weighted by Crippen LogP contribution is 2.18. The van der Waals surface area contributed by atoms with E-state index >= 15 is 0 Å². The van der Waals surface area contributed by atoms with Crippen LogP contribution in [-0.2, 0) is 0 Å². The number of hydrogen-bond acceptors (Lipinski definition) is 5. The van der Waals surface area contributed by atoms with Gasteiger partial charge < -0.3 is 15.5 Å².